The minimum Gasteiger partial charge on any atom is -0.454 e. The highest BCUT2D eigenvalue weighted by Gasteiger charge is 2.46. The molecule has 0 saturated carbocycles. The number of nitrogens with zero attached hydrogens (tertiary/aromatic N) is 2. The van der Waals surface area contributed by atoms with Crippen molar-refractivity contribution in [2.45, 2.75) is 71.6 Å². The fraction of sp³-hybridized carbons (Fsp3) is 0.236. The van der Waals surface area contributed by atoms with Gasteiger partial charge in [-0.25, -0.2) is 0 Å². The van der Waals surface area contributed by atoms with Crippen molar-refractivity contribution in [2.75, 3.05) is 23.4 Å². The molecule has 4 aliphatic heterocycles. The maximum Gasteiger partial charge on any atom is 0.252 e. The van der Waals surface area contributed by atoms with E-state index in [1.807, 2.05) is 0 Å². The molecule has 62 heavy (non-hydrogen) atoms. The van der Waals surface area contributed by atoms with Gasteiger partial charge in [0.25, 0.3) is 6.71 Å². The van der Waals surface area contributed by atoms with Crippen molar-refractivity contribution in [3.8, 4) is 45.3 Å². The van der Waals surface area contributed by atoms with Crippen LogP contribution in [0.5, 0.6) is 23.0 Å². The molecule has 306 valence electrons. The van der Waals surface area contributed by atoms with Crippen LogP contribution in [-0.4, -0.2) is 20.3 Å². The van der Waals surface area contributed by atoms with Gasteiger partial charge in [0.15, 0.2) is 23.0 Å². The first-order chi connectivity index (χ1) is 29.7. The van der Waals surface area contributed by atoms with Gasteiger partial charge in [0.05, 0.1) is 0 Å². The van der Waals surface area contributed by atoms with Crippen LogP contribution in [0.25, 0.3) is 22.3 Å². The molecule has 7 aromatic rings. The monoisotopic (exact) mass is 812 g/mol. The van der Waals surface area contributed by atoms with Crippen molar-refractivity contribution in [3.63, 3.8) is 0 Å². The maximum absolute atomic E-state index is 6.14. The summed E-state index contributed by atoms with van der Waals surface area (Å²) in [5.74, 6) is 3.03. The molecule has 7 aromatic carbocycles. The molecule has 4 heterocycles. The number of rotatable bonds is 3. The van der Waals surface area contributed by atoms with E-state index in [1.54, 1.807) is 0 Å². The molecule has 1 aliphatic carbocycles. The summed E-state index contributed by atoms with van der Waals surface area (Å²) in [6.45, 7) is 18.6. The quantitative estimate of drug-likeness (QED) is 0.166. The van der Waals surface area contributed by atoms with E-state index in [0.717, 1.165) is 73.6 Å². The fourth-order valence-electron chi connectivity index (χ4n) is 10.6. The third kappa shape index (κ3) is 5.36. The van der Waals surface area contributed by atoms with Gasteiger partial charge < -0.3 is 28.7 Å². The summed E-state index contributed by atoms with van der Waals surface area (Å²) < 4.78 is 24.5. The van der Waals surface area contributed by atoms with E-state index in [1.165, 1.54) is 44.4 Å². The van der Waals surface area contributed by atoms with Gasteiger partial charge in [-0.05, 0) is 126 Å². The minimum atomic E-state index is -0.147. The summed E-state index contributed by atoms with van der Waals surface area (Å²) in [5, 5.41) is 0. The number of fused-ring (bicyclic) bond motifs is 9. The largest absolute Gasteiger partial charge is 0.454 e. The van der Waals surface area contributed by atoms with Crippen LogP contribution in [0.4, 0.5) is 34.1 Å². The van der Waals surface area contributed by atoms with Gasteiger partial charge in [0.2, 0.25) is 13.6 Å². The molecule has 0 saturated heterocycles. The zero-order chi connectivity index (χ0) is 42.4. The predicted molar refractivity (Wildman–Crippen MR) is 253 cm³/mol. The van der Waals surface area contributed by atoms with E-state index in [2.05, 4.69) is 193 Å². The second kappa shape index (κ2) is 12.7. The second-order valence-electron chi connectivity index (χ2n) is 20.1. The summed E-state index contributed by atoms with van der Waals surface area (Å²) in [4.78, 5) is 4.91. The molecule has 0 unspecified atom stereocenters. The van der Waals surface area contributed by atoms with Crippen LogP contribution in [-0.2, 0) is 16.2 Å². The Kier molecular flexibility index (Phi) is 7.64. The molecule has 0 bridgehead atoms. The van der Waals surface area contributed by atoms with Crippen LogP contribution in [0.15, 0.2) is 127 Å². The lowest BCUT2D eigenvalue weighted by Crippen LogP contribution is -2.61. The van der Waals surface area contributed by atoms with E-state index in [9.17, 15) is 0 Å². The fourth-order valence-corrected chi connectivity index (χ4v) is 10.6. The number of hydrogen-bond donors (Lipinski definition) is 0. The molecule has 0 fully saturated rings. The first-order valence-corrected chi connectivity index (χ1v) is 21.9. The molecule has 0 radical (unpaired) electrons. The smallest absolute Gasteiger partial charge is 0.252 e. The normalized spacial score (nSPS) is 15.8. The Morgan fingerprint density at radius 3 is 1.44 bits per heavy atom. The summed E-state index contributed by atoms with van der Waals surface area (Å²) in [5.41, 5.74) is 20.2. The van der Waals surface area contributed by atoms with E-state index in [4.69, 9.17) is 18.9 Å². The van der Waals surface area contributed by atoms with Crippen molar-refractivity contribution in [2.24, 2.45) is 0 Å². The summed E-state index contributed by atoms with van der Waals surface area (Å²) in [6, 6.07) is 47.8. The van der Waals surface area contributed by atoms with Crippen molar-refractivity contribution >= 4 is 57.2 Å². The Bertz CT molecular complexity index is 2880. The third-order valence-electron chi connectivity index (χ3n) is 14.0. The number of benzene rings is 7. The minimum absolute atomic E-state index is 0.00825. The third-order valence-corrected chi connectivity index (χ3v) is 14.0. The molecular formula is C55H49BN2O4. The zero-order valence-electron chi connectivity index (χ0n) is 36.6. The Labute approximate surface area is 364 Å². The van der Waals surface area contributed by atoms with Gasteiger partial charge in [-0.2, -0.15) is 0 Å². The van der Waals surface area contributed by atoms with Crippen molar-refractivity contribution < 1.29 is 18.9 Å². The lowest BCUT2D eigenvalue weighted by molar-refractivity contribution is 0.173. The van der Waals surface area contributed by atoms with Gasteiger partial charge in [-0.15, -0.1) is 0 Å². The molecule has 7 heteroatoms. The number of anilines is 6. The Morgan fingerprint density at radius 1 is 0.468 bits per heavy atom. The van der Waals surface area contributed by atoms with Crippen molar-refractivity contribution in [1.29, 1.82) is 0 Å². The van der Waals surface area contributed by atoms with Crippen molar-refractivity contribution in [3.05, 3.63) is 150 Å². The SMILES string of the molecule is CC(C)(C)c1ccc(N2c3cc4c(cc3B3c5cc6c(cc5N(c5ccc(C(C)(C)C)cc5)c5cc(-c7ccc8c(c7)C(C)(C)c7ccccc7-8)cc2c53)OCO6)OCO4)cc1. The molecule has 6 nitrogen and oxygen atoms in total. The van der Waals surface area contributed by atoms with Gasteiger partial charge in [-0.1, -0.05) is 116 Å². The zero-order valence-corrected chi connectivity index (χ0v) is 36.6. The standard InChI is InChI=1S/C55H49BN2O4/c1-53(2,3)34-14-18-36(19-15-34)57-44-28-50-48(59-30-61-50)26-42(44)56-43-27-49-51(62-31-60-49)29-45(43)58(37-20-16-35(17-21-37)54(4,5)6)47-25-33(24-46(57)52(47)56)32-13-22-39-38-11-9-10-12-40(38)55(7,8)41(39)23-32/h9-29H,30-31H2,1-8H3. The second-order valence-corrected chi connectivity index (χ2v) is 20.1. The van der Waals surface area contributed by atoms with Crippen LogP contribution < -0.4 is 45.1 Å². The molecule has 12 rings (SSSR count). The van der Waals surface area contributed by atoms with Crippen LogP contribution in [0.1, 0.15) is 77.6 Å². The number of ether oxygens (including phenoxy) is 4. The van der Waals surface area contributed by atoms with E-state index in [-0.39, 0.29) is 36.5 Å². The molecule has 0 spiro atoms. The van der Waals surface area contributed by atoms with Gasteiger partial charge in [0.1, 0.15) is 0 Å². The van der Waals surface area contributed by atoms with Crippen LogP contribution in [0.3, 0.4) is 0 Å². The van der Waals surface area contributed by atoms with Gasteiger partial charge in [-0.3, -0.25) is 0 Å². The van der Waals surface area contributed by atoms with Gasteiger partial charge in [0, 0.05) is 51.7 Å². The van der Waals surface area contributed by atoms with E-state index < -0.39 is 0 Å². The highest BCUT2D eigenvalue weighted by atomic mass is 16.7. The first-order valence-electron chi connectivity index (χ1n) is 21.9. The Balaban J connectivity index is 1.17. The Hall–Kier alpha value is -6.60. The average molecular weight is 813 g/mol. The first kappa shape index (κ1) is 37.2. The molecule has 5 aliphatic rings. The van der Waals surface area contributed by atoms with Crippen LogP contribution in [0.2, 0.25) is 0 Å². The lowest BCUT2D eigenvalue weighted by atomic mass is 9.33. The summed E-state index contributed by atoms with van der Waals surface area (Å²) in [7, 11) is 0. The Morgan fingerprint density at radius 2 is 0.935 bits per heavy atom. The summed E-state index contributed by atoms with van der Waals surface area (Å²) in [6.07, 6.45) is 0. The van der Waals surface area contributed by atoms with Crippen LogP contribution >= 0.6 is 0 Å². The predicted octanol–water partition coefficient (Wildman–Crippen LogP) is 11.8. The highest BCUT2D eigenvalue weighted by molar-refractivity contribution is 7.00. The van der Waals surface area contributed by atoms with Crippen LogP contribution in [0, 0.1) is 0 Å². The molecule has 0 atom stereocenters. The molecular weight excluding hydrogens is 763 g/mol. The number of hydrogen-bond acceptors (Lipinski definition) is 6. The van der Waals surface area contributed by atoms with Gasteiger partial charge >= 0.3 is 0 Å². The molecule has 0 amide bonds. The topological polar surface area (TPSA) is 43.4 Å². The van der Waals surface area contributed by atoms with E-state index in [0.29, 0.717) is 0 Å². The highest BCUT2D eigenvalue weighted by Crippen LogP contribution is 2.53. The lowest BCUT2D eigenvalue weighted by Gasteiger charge is -2.44. The molecule has 0 N–H and O–H groups in total. The van der Waals surface area contributed by atoms with E-state index >= 15 is 0 Å². The maximum atomic E-state index is 6.14. The van der Waals surface area contributed by atoms with Crippen molar-refractivity contribution in [1.82, 2.24) is 0 Å². The molecule has 0 aromatic heterocycles. The average Bonchev–Trinajstić information content (AvgIpc) is 3.98. The summed E-state index contributed by atoms with van der Waals surface area (Å²) >= 11 is 0.